The number of anilines is 2. The molecule has 0 aliphatic rings. The predicted octanol–water partition coefficient (Wildman–Crippen LogP) is 2.19. The molecule has 17 heavy (non-hydrogen) atoms. The second-order valence-corrected chi connectivity index (χ2v) is 4.28. The zero-order valence-electron chi connectivity index (χ0n) is 10.3. The largest absolute Gasteiger partial charge is 0.399 e. The molecule has 2 rings (SSSR count). The second kappa shape index (κ2) is 4.91. The zero-order valence-corrected chi connectivity index (χ0v) is 10.3. The summed E-state index contributed by atoms with van der Waals surface area (Å²) in [7, 11) is 0. The highest BCUT2D eigenvalue weighted by Gasteiger charge is 1.98. The summed E-state index contributed by atoms with van der Waals surface area (Å²) in [6.07, 6.45) is 3.90. The van der Waals surface area contributed by atoms with Crippen molar-refractivity contribution < 1.29 is 0 Å². The highest BCUT2D eigenvalue weighted by Crippen LogP contribution is 2.17. The molecule has 0 fully saturated rings. The number of aryl methyl sites for hydroxylation is 2. The number of hydrogen-bond acceptors (Lipinski definition) is 3. The van der Waals surface area contributed by atoms with Gasteiger partial charge < -0.3 is 11.1 Å². The van der Waals surface area contributed by atoms with Crippen LogP contribution in [0.15, 0.2) is 30.6 Å². The quantitative estimate of drug-likeness (QED) is 0.792. The molecule has 3 N–H and O–H groups in total. The van der Waals surface area contributed by atoms with Crippen molar-refractivity contribution in [3.63, 3.8) is 0 Å². The van der Waals surface area contributed by atoms with Gasteiger partial charge in [-0.1, -0.05) is 6.07 Å². The molecular weight excluding hydrogens is 212 g/mol. The lowest BCUT2D eigenvalue weighted by Gasteiger charge is -2.10. The second-order valence-electron chi connectivity index (χ2n) is 4.28. The molecule has 90 valence electrons. The Labute approximate surface area is 101 Å². The molecule has 2 aromatic rings. The van der Waals surface area contributed by atoms with Crippen LogP contribution in [0.3, 0.4) is 0 Å². The van der Waals surface area contributed by atoms with E-state index >= 15 is 0 Å². The fourth-order valence-electron chi connectivity index (χ4n) is 1.72. The van der Waals surface area contributed by atoms with E-state index < -0.39 is 0 Å². The summed E-state index contributed by atoms with van der Waals surface area (Å²) in [4.78, 5) is 0. The Balaban J connectivity index is 1.91. The molecule has 4 nitrogen and oxygen atoms in total. The highest BCUT2D eigenvalue weighted by atomic mass is 15.3. The Bertz CT molecular complexity index is 502. The molecule has 1 aromatic heterocycles. The van der Waals surface area contributed by atoms with E-state index in [1.54, 1.807) is 0 Å². The van der Waals surface area contributed by atoms with Crippen LogP contribution in [0, 0.1) is 13.8 Å². The Morgan fingerprint density at radius 3 is 2.88 bits per heavy atom. The van der Waals surface area contributed by atoms with E-state index in [9.17, 15) is 0 Å². The third kappa shape index (κ3) is 3.00. The predicted molar refractivity (Wildman–Crippen MR) is 71.0 cm³/mol. The van der Waals surface area contributed by atoms with Crippen LogP contribution in [0.1, 0.15) is 11.1 Å². The Morgan fingerprint density at radius 1 is 1.35 bits per heavy atom. The molecule has 0 spiro atoms. The third-order valence-corrected chi connectivity index (χ3v) is 2.68. The number of benzene rings is 1. The number of aromatic nitrogens is 2. The van der Waals surface area contributed by atoms with Crippen LogP contribution < -0.4 is 11.1 Å². The van der Waals surface area contributed by atoms with Crippen molar-refractivity contribution in [3.05, 3.63) is 41.7 Å². The van der Waals surface area contributed by atoms with Gasteiger partial charge in [-0.15, -0.1) is 0 Å². The molecule has 0 bridgehead atoms. The molecule has 0 unspecified atom stereocenters. The molecule has 4 heteroatoms. The van der Waals surface area contributed by atoms with Gasteiger partial charge in [0.15, 0.2) is 0 Å². The summed E-state index contributed by atoms with van der Waals surface area (Å²) in [5, 5.41) is 7.61. The molecule has 1 aromatic carbocycles. The molecule has 0 radical (unpaired) electrons. The molecule has 0 aliphatic carbocycles. The van der Waals surface area contributed by atoms with Crippen LogP contribution in [0.5, 0.6) is 0 Å². The molecule has 0 atom stereocenters. The van der Waals surface area contributed by atoms with Gasteiger partial charge >= 0.3 is 0 Å². The van der Waals surface area contributed by atoms with E-state index in [0.717, 1.165) is 24.5 Å². The molecular formula is C13H18N4. The fraction of sp³-hybridized carbons (Fsp3) is 0.308. The van der Waals surface area contributed by atoms with Gasteiger partial charge in [-0.05, 0) is 37.1 Å². The zero-order chi connectivity index (χ0) is 12.3. The van der Waals surface area contributed by atoms with E-state index in [1.807, 2.05) is 42.2 Å². The fourth-order valence-corrected chi connectivity index (χ4v) is 1.72. The number of nitrogens with zero attached hydrogens (tertiary/aromatic N) is 2. The smallest absolute Gasteiger partial charge is 0.0582 e. The van der Waals surface area contributed by atoms with Crippen LogP contribution in [-0.2, 0) is 6.54 Å². The monoisotopic (exact) mass is 230 g/mol. The summed E-state index contributed by atoms with van der Waals surface area (Å²) in [5.74, 6) is 0. The summed E-state index contributed by atoms with van der Waals surface area (Å²) < 4.78 is 1.93. The Kier molecular flexibility index (Phi) is 3.32. The van der Waals surface area contributed by atoms with Crippen LogP contribution >= 0.6 is 0 Å². The lowest BCUT2D eigenvalue weighted by Crippen LogP contribution is -2.11. The van der Waals surface area contributed by atoms with Gasteiger partial charge in [0.1, 0.15) is 0 Å². The number of nitrogens with two attached hydrogens (primary N) is 1. The third-order valence-electron chi connectivity index (χ3n) is 2.68. The van der Waals surface area contributed by atoms with E-state index in [1.165, 1.54) is 11.1 Å². The Hall–Kier alpha value is -1.97. The van der Waals surface area contributed by atoms with Crippen LogP contribution in [0.25, 0.3) is 0 Å². The van der Waals surface area contributed by atoms with E-state index in [-0.39, 0.29) is 0 Å². The van der Waals surface area contributed by atoms with Crippen LogP contribution in [-0.4, -0.2) is 16.3 Å². The van der Waals surface area contributed by atoms with E-state index in [4.69, 9.17) is 5.73 Å². The first-order chi connectivity index (χ1) is 8.15. The van der Waals surface area contributed by atoms with Crippen molar-refractivity contribution in [1.82, 2.24) is 9.78 Å². The first-order valence-corrected chi connectivity index (χ1v) is 5.74. The van der Waals surface area contributed by atoms with E-state index in [0.29, 0.717) is 0 Å². The summed E-state index contributed by atoms with van der Waals surface area (Å²) in [6.45, 7) is 5.80. The molecule has 0 amide bonds. The van der Waals surface area contributed by atoms with Gasteiger partial charge in [0.05, 0.1) is 12.7 Å². The van der Waals surface area contributed by atoms with Crippen LogP contribution in [0.4, 0.5) is 11.4 Å². The molecule has 0 saturated carbocycles. The first kappa shape index (κ1) is 11.5. The SMILES string of the molecule is Cc1cnn(CCNc2cc(N)ccc2C)c1. The average Bonchev–Trinajstić information content (AvgIpc) is 2.69. The molecule has 0 aliphatic heterocycles. The van der Waals surface area contributed by atoms with E-state index in [2.05, 4.69) is 17.3 Å². The number of nitrogen functional groups attached to an aromatic ring is 1. The maximum absolute atomic E-state index is 5.76. The summed E-state index contributed by atoms with van der Waals surface area (Å²) in [5.41, 5.74) is 10.0. The van der Waals surface area contributed by atoms with Gasteiger partial charge in [0.2, 0.25) is 0 Å². The minimum atomic E-state index is 0.785. The van der Waals surface area contributed by atoms with Gasteiger partial charge in [-0.25, -0.2) is 0 Å². The van der Waals surface area contributed by atoms with Gasteiger partial charge in [-0.3, -0.25) is 4.68 Å². The maximum atomic E-state index is 5.76. The lowest BCUT2D eigenvalue weighted by molar-refractivity contribution is 0.637. The standard InChI is InChI=1S/C13H18N4/c1-10-8-16-17(9-10)6-5-15-13-7-12(14)4-3-11(13)2/h3-4,7-9,15H,5-6,14H2,1-2H3. The maximum Gasteiger partial charge on any atom is 0.0582 e. The minimum Gasteiger partial charge on any atom is -0.399 e. The number of hydrogen-bond donors (Lipinski definition) is 2. The Morgan fingerprint density at radius 2 is 2.18 bits per heavy atom. The summed E-state index contributed by atoms with van der Waals surface area (Å²) in [6, 6.07) is 5.90. The van der Waals surface area contributed by atoms with Crippen molar-refractivity contribution in [2.75, 3.05) is 17.6 Å². The van der Waals surface area contributed by atoms with Crippen LogP contribution in [0.2, 0.25) is 0 Å². The normalized spacial score (nSPS) is 10.5. The topological polar surface area (TPSA) is 55.9 Å². The van der Waals surface area contributed by atoms with Gasteiger partial charge in [0, 0.05) is 24.1 Å². The average molecular weight is 230 g/mol. The minimum absolute atomic E-state index is 0.785. The summed E-state index contributed by atoms with van der Waals surface area (Å²) >= 11 is 0. The lowest BCUT2D eigenvalue weighted by atomic mass is 10.2. The van der Waals surface area contributed by atoms with Crippen molar-refractivity contribution in [1.29, 1.82) is 0 Å². The number of rotatable bonds is 4. The van der Waals surface area contributed by atoms with Crippen molar-refractivity contribution in [3.8, 4) is 0 Å². The molecule has 0 saturated heterocycles. The first-order valence-electron chi connectivity index (χ1n) is 5.74. The van der Waals surface area contributed by atoms with Gasteiger partial charge in [0.25, 0.3) is 0 Å². The van der Waals surface area contributed by atoms with Gasteiger partial charge in [-0.2, -0.15) is 5.10 Å². The van der Waals surface area contributed by atoms with Crippen molar-refractivity contribution >= 4 is 11.4 Å². The van der Waals surface area contributed by atoms with Crippen molar-refractivity contribution in [2.24, 2.45) is 0 Å². The van der Waals surface area contributed by atoms with Crippen molar-refractivity contribution in [2.45, 2.75) is 20.4 Å². The number of nitrogens with one attached hydrogen (secondary N) is 1. The molecule has 1 heterocycles. The highest BCUT2D eigenvalue weighted by molar-refractivity contribution is 5.59.